The molecule has 0 radical (unpaired) electrons. The number of carboxylic acids is 1. The first-order chi connectivity index (χ1) is 7.24. The van der Waals surface area contributed by atoms with E-state index in [0.29, 0.717) is 13.0 Å². The fraction of sp³-hybridized carbons (Fsp3) is 0.545. The third-order valence-electron chi connectivity index (χ3n) is 2.43. The first kappa shape index (κ1) is 12.2. The van der Waals surface area contributed by atoms with E-state index in [-0.39, 0.29) is 5.92 Å². The molecule has 0 bridgehead atoms. The maximum atomic E-state index is 10.9. The monoisotopic (exact) mass is 227 g/mol. The number of nitrogens with two attached hydrogens (primary N) is 1. The summed E-state index contributed by atoms with van der Waals surface area (Å²) in [4.78, 5) is 12.2. The van der Waals surface area contributed by atoms with E-state index in [1.807, 2.05) is 17.5 Å². The number of carbonyl (C=O) groups is 1. The van der Waals surface area contributed by atoms with E-state index in [1.54, 1.807) is 11.3 Å². The molecule has 0 saturated heterocycles. The molecule has 0 fully saturated rings. The molecular formula is C11H17NO2S. The van der Waals surface area contributed by atoms with E-state index >= 15 is 0 Å². The van der Waals surface area contributed by atoms with Gasteiger partial charge in [0.25, 0.3) is 0 Å². The fourth-order valence-electron chi connectivity index (χ4n) is 1.53. The molecule has 3 nitrogen and oxygen atoms in total. The Morgan fingerprint density at radius 2 is 2.33 bits per heavy atom. The van der Waals surface area contributed by atoms with Crippen LogP contribution in [0.15, 0.2) is 17.5 Å². The molecule has 0 aliphatic rings. The molecule has 1 heterocycles. The van der Waals surface area contributed by atoms with Crippen LogP contribution in [0.2, 0.25) is 0 Å². The molecule has 0 amide bonds. The van der Waals surface area contributed by atoms with Crippen molar-refractivity contribution in [1.29, 1.82) is 0 Å². The number of aryl methyl sites for hydroxylation is 1. The first-order valence-electron chi connectivity index (χ1n) is 5.19. The minimum atomic E-state index is -0.694. The van der Waals surface area contributed by atoms with Crippen molar-refractivity contribution in [2.45, 2.75) is 25.7 Å². The summed E-state index contributed by atoms with van der Waals surface area (Å²) in [5.74, 6) is -0.935. The number of hydrogen-bond donors (Lipinski definition) is 2. The number of rotatable bonds is 7. The summed E-state index contributed by atoms with van der Waals surface area (Å²) in [6, 6.07) is 4.04. The highest BCUT2D eigenvalue weighted by Gasteiger charge is 2.16. The van der Waals surface area contributed by atoms with E-state index in [0.717, 1.165) is 19.3 Å². The van der Waals surface area contributed by atoms with Crippen molar-refractivity contribution in [3.05, 3.63) is 22.4 Å². The van der Waals surface area contributed by atoms with Gasteiger partial charge in [-0.3, -0.25) is 4.79 Å². The van der Waals surface area contributed by atoms with Gasteiger partial charge in [0.1, 0.15) is 0 Å². The standard InChI is InChI=1S/C11H17NO2S/c12-7-1-3-9(11(13)14)5-6-10-4-2-8-15-10/h2,4,8-9H,1,3,5-7,12H2,(H,13,14). The zero-order chi connectivity index (χ0) is 11.1. The Balaban J connectivity index is 2.34. The molecule has 0 saturated carbocycles. The Kier molecular flexibility index (Phi) is 5.36. The van der Waals surface area contributed by atoms with Crippen molar-refractivity contribution in [2.24, 2.45) is 11.7 Å². The summed E-state index contributed by atoms with van der Waals surface area (Å²) in [6.07, 6.45) is 3.06. The van der Waals surface area contributed by atoms with Crippen LogP contribution in [0, 0.1) is 5.92 Å². The molecule has 3 N–H and O–H groups in total. The van der Waals surface area contributed by atoms with Crippen molar-refractivity contribution in [1.82, 2.24) is 0 Å². The van der Waals surface area contributed by atoms with Gasteiger partial charge in [-0.25, -0.2) is 0 Å². The van der Waals surface area contributed by atoms with Crippen LogP contribution in [-0.4, -0.2) is 17.6 Å². The van der Waals surface area contributed by atoms with Crippen LogP contribution in [0.3, 0.4) is 0 Å². The maximum Gasteiger partial charge on any atom is 0.306 e. The minimum Gasteiger partial charge on any atom is -0.481 e. The van der Waals surface area contributed by atoms with Gasteiger partial charge in [0.05, 0.1) is 5.92 Å². The van der Waals surface area contributed by atoms with Crippen LogP contribution in [0.25, 0.3) is 0 Å². The van der Waals surface area contributed by atoms with Gasteiger partial charge < -0.3 is 10.8 Å². The third kappa shape index (κ3) is 4.44. The second kappa shape index (κ2) is 6.58. The van der Waals surface area contributed by atoms with E-state index < -0.39 is 5.97 Å². The van der Waals surface area contributed by atoms with Gasteiger partial charge in [-0.15, -0.1) is 11.3 Å². The smallest absolute Gasteiger partial charge is 0.306 e. The fourth-order valence-corrected chi connectivity index (χ4v) is 2.25. The highest BCUT2D eigenvalue weighted by molar-refractivity contribution is 7.09. The first-order valence-corrected chi connectivity index (χ1v) is 6.07. The molecule has 1 atom stereocenters. The lowest BCUT2D eigenvalue weighted by molar-refractivity contribution is -0.142. The number of aliphatic carboxylic acids is 1. The summed E-state index contributed by atoms with van der Waals surface area (Å²) in [5.41, 5.74) is 5.38. The SMILES string of the molecule is NCCCC(CCc1cccs1)C(=O)O. The second-order valence-corrected chi connectivity index (χ2v) is 4.62. The van der Waals surface area contributed by atoms with Gasteiger partial charge in [0.15, 0.2) is 0 Å². The van der Waals surface area contributed by atoms with Gasteiger partial charge in [-0.2, -0.15) is 0 Å². The normalized spacial score (nSPS) is 12.6. The molecule has 0 aliphatic carbocycles. The maximum absolute atomic E-state index is 10.9. The van der Waals surface area contributed by atoms with Crippen LogP contribution in [-0.2, 0) is 11.2 Å². The average molecular weight is 227 g/mol. The van der Waals surface area contributed by atoms with E-state index in [2.05, 4.69) is 0 Å². The van der Waals surface area contributed by atoms with Crippen molar-refractivity contribution >= 4 is 17.3 Å². The van der Waals surface area contributed by atoms with Crippen LogP contribution in [0.5, 0.6) is 0 Å². The summed E-state index contributed by atoms with van der Waals surface area (Å²) in [6.45, 7) is 0.572. The zero-order valence-electron chi connectivity index (χ0n) is 8.69. The predicted molar refractivity (Wildman–Crippen MR) is 62.1 cm³/mol. The van der Waals surface area contributed by atoms with Gasteiger partial charge in [-0.05, 0) is 43.7 Å². The van der Waals surface area contributed by atoms with Crippen LogP contribution < -0.4 is 5.73 Å². The van der Waals surface area contributed by atoms with Crippen molar-refractivity contribution in [3.63, 3.8) is 0 Å². The Hall–Kier alpha value is -0.870. The zero-order valence-corrected chi connectivity index (χ0v) is 9.50. The topological polar surface area (TPSA) is 63.3 Å². The Labute approximate surface area is 93.9 Å². The molecule has 1 unspecified atom stereocenters. The van der Waals surface area contributed by atoms with Crippen molar-refractivity contribution in [3.8, 4) is 0 Å². The van der Waals surface area contributed by atoms with E-state index in [1.165, 1.54) is 4.88 Å². The van der Waals surface area contributed by atoms with Crippen molar-refractivity contribution < 1.29 is 9.90 Å². The lowest BCUT2D eigenvalue weighted by Crippen LogP contribution is -2.16. The van der Waals surface area contributed by atoms with Gasteiger partial charge in [-0.1, -0.05) is 6.07 Å². The number of carboxylic acid groups (broad SMARTS) is 1. The molecule has 0 aromatic carbocycles. The highest BCUT2D eigenvalue weighted by atomic mass is 32.1. The molecule has 84 valence electrons. The minimum absolute atomic E-state index is 0.240. The summed E-state index contributed by atoms with van der Waals surface area (Å²) < 4.78 is 0. The summed E-state index contributed by atoms with van der Waals surface area (Å²) in [7, 11) is 0. The van der Waals surface area contributed by atoms with Crippen LogP contribution in [0.1, 0.15) is 24.1 Å². The molecular weight excluding hydrogens is 210 g/mol. The molecule has 1 aromatic heterocycles. The number of thiophene rings is 1. The molecule has 1 rings (SSSR count). The van der Waals surface area contributed by atoms with Crippen LogP contribution >= 0.6 is 11.3 Å². The lowest BCUT2D eigenvalue weighted by atomic mass is 9.97. The van der Waals surface area contributed by atoms with Crippen molar-refractivity contribution in [2.75, 3.05) is 6.54 Å². The molecule has 0 spiro atoms. The van der Waals surface area contributed by atoms with E-state index in [9.17, 15) is 4.79 Å². The Bertz CT molecular complexity index is 285. The average Bonchev–Trinajstić information content (AvgIpc) is 2.70. The molecule has 0 aliphatic heterocycles. The largest absolute Gasteiger partial charge is 0.481 e. The van der Waals surface area contributed by atoms with Gasteiger partial charge in [0.2, 0.25) is 0 Å². The molecule has 15 heavy (non-hydrogen) atoms. The number of hydrogen-bond acceptors (Lipinski definition) is 3. The molecule has 4 heteroatoms. The van der Waals surface area contributed by atoms with Gasteiger partial charge in [0, 0.05) is 4.88 Å². The molecule has 1 aromatic rings. The summed E-state index contributed by atoms with van der Waals surface area (Å²) >= 11 is 1.68. The summed E-state index contributed by atoms with van der Waals surface area (Å²) in [5, 5.41) is 11.0. The highest BCUT2D eigenvalue weighted by Crippen LogP contribution is 2.18. The lowest BCUT2D eigenvalue weighted by Gasteiger charge is -2.10. The Morgan fingerprint density at radius 1 is 1.53 bits per heavy atom. The third-order valence-corrected chi connectivity index (χ3v) is 3.36. The quantitative estimate of drug-likeness (QED) is 0.750. The Morgan fingerprint density at radius 3 is 2.87 bits per heavy atom. The van der Waals surface area contributed by atoms with E-state index in [4.69, 9.17) is 10.8 Å². The second-order valence-electron chi connectivity index (χ2n) is 3.58. The predicted octanol–water partition coefficient (Wildman–Crippen LogP) is 2.12. The van der Waals surface area contributed by atoms with Gasteiger partial charge >= 0.3 is 5.97 Å². The van der Waals surface area contributed by atoms with Crippen LogP contribution in [0.4, 0.5) is 0 Å².